The average Bonchev–Trinajstić information content (AvgIpc) is 2.97. The van der Waals surface area contributed by atoms with E-state index >= 15 is 0 Å². The van der Waals surface area contributed by atoms with Crippen LogP contribution in [0.1, 0.15) is 30.6 Å². The van der Waals surface area contributed by atoms with Gasteiger partial charge in [-0.2, -0.15) is 15.0 Å². The number of carbonyl (C=O) groups excluding carboxylic acids is 1. The molecule has 1 aliphatic heterocycles. The number of benzene rings is 1. The van der Waals surface area contributed by atoms with Gasteiger partial charge in [-0.05, 0) is 18.1 Å². The van der Waals surface area contributed by atoms with E-state index in [1.54, 1.807) is 12.1 Å². The lowest BCUT2D eigenvalue weighted by Gasteiger charge is -2.27. The molecule has 0 bridgehead atoms. The van der Waals surface area contributed by atoms with Crippen LogP contribution < -0.4 is 20.9 Å². The average molecular weight is 546 g/mol. The molecule has 1 aliphatic rings. The molecule has 2 aromatic rings. The van der Waals surface area contributed by atoms with Crippen LogP contribution in [0.25, 0.3) is 0 Å². The van der Waals surface area contributed by atoms with Crippen molar-refractivity contribution < 1.29 is 28.9 Å². The Bertz CT molecular complexity index is 1020. The highest BCUT2D eigenvalue weighted by Crippen LogP contribution is 2.18. The van der Waals surface area contributed by atoms with E-state index in [0.29, 0.717) is 89.7 Å². The van der Waals surface area contributed by atoms with Crippen molar-refractivity contribution in [3.8, 4) is 0 Å². The van der Waals surface area contributed by atoms with Gasteiger partial charge in [0.05, 0.1) is 39.6 Å². The molecule has 2 atom stereocenters. The molecule has 0 unspecified atom stereocenters. The van der Waals surface area contributed by atoms with E-state index in [0.717, 1.165) is 0 Å². The van der Waals surface area contributed by atoms with Crippen molar-refractivity contribution >= 4 is 29.7 Å². The molecule has 13 nitrogen and oxygen atoms in total. The van der Waals surface area contributed by atoms with Gasteiger partial charge in [0.25, 0.3) is 5.91 Å². The fraction of sp³-hybridized carbons (Fsp3) is 0.577. The molecule has 1 aromatic carbocycles. The molecule has 0 saturated carbocycles. The highest BCUT2D eigenvalue weighted by molar-refractivity contribution is 5.94. The fourth-order valence-electron chi connectivity index (χ4n) is 3.72. The topological polar surface area (TPSA) is 160 Å². The molecule has 0 radical (unpaired) electrons. The van der Waals surface area contributed by atoms with Gasteiger partial charge in [-0.3, -0.25) is 4.79 Å². The minimum Gasteiger partial charge on any atom is -0.480 e. The fourth-order valence-corrected chi connectivity index (χ4v) is 3.72. The molecule has 1 fully saturated rings. The van der Waals surface area contributed by atoms with Gasteiger partial charge in [-0.1, -0.05) is 38.5 Å². The van der Waals surface area contributed by atoms with Crippen LogP contribution in [-0.2, 0) is 19.0 Å². The zero-order valence-electron chi connectivity index (χ0n) is 22.6. The number of carboxylic acid groups (broad SMARTS) is 1. The van der Waals surface area contributed by atoms with Crippen LogP contribution in [0.2, 0.25) is 0 Å². The number of aliphatic carboxylic acids is 1. The number of carboxylic acids is 1. The summed E-state index contributed by atoms with van der Waals surface area (Å²) in [5, 5.41) is 18.6. The zero-order valence-corrected chi connectivity index (χ0v) is 22.6. The van der Waals surface area contributed by atoms with Gasteiger partial charge in [0, 0.05) is 31.7 Å². The normalized spacial score (nSPS) is 14.9. The molecule has 1 amide bonds. The summed E-state index contributed by atoms with van der Waals surface area (Å²) >= 11 is 0. The standard InChI is InChI=1S/C26H39N7O6/c1-3-19(2)21(23(35)36)29-25-30-24(31-26(32-25)33-11-15-39-16-12-33)28-10-14-38-18-17-37-13-9-27-22(34)20-7-5-4-6-8-20/h4-8,19,21H,3,9-18H2,1-2H3,(H,27,34)(H,35,36)(H2,28,29,30,31,32)/t19-,21-/m0/s1. The van der Waals surface area contributed by atoms with E-state index in [1.807, 2.05) is 36.9 Å². The molecular weight excluding hydrogens is 506 g/mol. The van der Waals surface area contributed by atoms with E-state index in [2.05, 4.69) is 30.9 Å². The summed E-state index contributed by atoms with van der Waals surface area (Å²) in [6.45, 7) is 8.64. The van der Waals surface area contributed by atoms with Crippen LogP contribution in [0, 0.1) is 5.92 Å². The van der Waals surface area contributed by atoms with Crippen LogP contribution in [-0.4, -0.2) is 104 Å². The van der Waals surface area contributed by atoms with E-state index in [-0.39, 0.29) is 17.8 Å². The third kappa shape index (κ3) is 10.3. The minimum absolute atomic E-state index is 0.113. The zero-order chi connectivity index (χ0) is 27.9. The molecule has 2 heterocycles. The van der Waals surface area contributed by atoms with E-state index in [4.69, 9.17) is 14.2 Å². The smallest absolute Gasteiger partial charge is 0.326 e. The molecule has 4 N–H and O–H groups in total. The summed E-state index contributed by atoms with van der Waals surface area (Å²) in [6, 6.07) is 8.20. The second kappa shape index (κ2) is 16.4. The summed E-state index contributed by atoms with van der Waals surface area (Å²) in [7, 11) is 0. The number of rotatable bonds is 17. The van der Waals surface area contributed by atoms with Crippen LogP contribution >= 0.6 is 0 Å². The third-order valence-corrected chi connectivity index (χ3v) is 6.15. The number of ether oxygens (including phenoxy) is 3. The number of carbonyl (C=O) groups is 2. The number of anilines is 3. The molecule has 1 aromatic heterocycles. The van der Waals surface area contributed by atoms with Crippen molar-refractivity contribution in [3.63, 3.8) is 0 Å². The Morgan fingerprint density at radius 3 is 2.33 bits per heavy atom. The second-order valence-corrected chi connectivity index (χ2v) is 9.00. The first kappa shape index (κ1) is 30.0. The van der Waals surface area contributed by atoms with Crippen molar-refractivity contribution in [3.05, 3.63) is 35.9 Å². The monoisotopic (exact) mass is 545 g/mol. The summed E-state index contributed by atoms with van der Waals surface area (Å²) in [4.78, 5) is 39.1. The SMILES string of the molecule is CC[C@H](C)[C@H](Nc1nc(NCCOCCOCCNC(=O)c2ccccc2)nc(N2CCOCC2)n1)C(=O)O. The van der Waals surface area contributed by atoms with E-state index in [1.165, 1.54) is 0 Å². The largest absolute Gasteiger partial charge is 0.480 e. The number of aromatic nitrogens is 3. The number of hydrogen-bond donors (Lipinski definition) is 4. The molecule has 39 heavy (non-hydrogen) atoms. The first-order valence-electron chi connectivity index (χ1n) is 13.3. The predicted octanol–water partition coefficient (Wildman–Crippen LogP) is 1.49. The number of amides is 1. The summed E-state index contributed by atoms with van der Waals surface area (Å²) in [6.07, 6.45) is 0.694. The van der Waals surface area contributed by atoms with E-state index < -0.39 is 12.0 Å². The number of morpholine rings is 1. The molecule has 0 spiro atoms. The first-order valence-corrected chi connectivity index (χ1v) is 13.3. The molecule has 3 rings (SSSR count). The quantitative estimate of drug-likeness (QED) is 0.212. The van der Waals surface area contributed by atoms with Crippen LogP contribution in [0.5, 0.6) is 0 Å². The highest BCUT2D eigenvalue weighted by atomic mass is 16.5. The van der Waals surface area contributed by atoms with Gasteiger partial charge in [0.15, 0.2) is 0 Å². The Morgan fingerprint density at radius 2 is 1.67 bits per heavy atom. The lowest BCUT2D eigenvalue weighted by molar-refractivity contribution is -0.139. The third-order valence-electron chi connectivity index (χ3n) is 6.15. The molecule has 13 heteroatoms. The van der Waals surface area contributed by atoms with Gasteiger partial charge < -0.3 is 40.2 Å². The number of nitrogens with one attached hydrogen (secondary N) is 3. The molecular formula is C26H39N7O6. The Labute approximate surface area is 228 Å². The molecule has 214 valence electrons. The van der Waals surface area contributed by atoms with Gasteiger partial charge >= 0.3 is 5.97 Å². The maximum absolute atomic E-state index is 12.0. The lowest BCUT2D eigenvalue weighted by Crippen LogP contribution is -2.39. The first-order chi connectivity index (χ1) is 19.0. The Balaban J connectivity index is 1.41. The van der Waals surface area contributed by atoms with Gasteiger partial charge in [0.1, 0.15) is 6.04 Å². The van der Waals surface area contributed by atoms with Crippen LogP contribution in [0.4, 0.5) is 17.8 Å². The maximum Gasteiger partial charge on any atom is 0.326 e. The van der Waals surface area contributed by atoms with Gasteiger partial charge in [-0.25, -0.2) is 4.79 Å². The van der Waals surface area contributed by atoms with Gasteiger partial charge in [-0.15, -0.1) is 0 Å². The molecule has 0 aliphatic carbocycles. The predicted molar refractivity (Wildman–Crippen MR) is 146 cm³/mol. The molecule has 1 saturated heterocycles. The second-order valence-electron chi connectivity index (χ2n) is 9.00. The van der Waals surface area contributed by atoms with Crippen molar-refractivity contribution in [1.29, 1.82) is 0 Å². The maximum atomic E-state index is 12.0. The Morgan fingerprint density at radius 1 is 1.00 bits per heavy atom. The highest BCUT2D eigenvalue weighted by Gasteiger charge is 2.25. The van der Waals surface area contributed by atoms with E-state index in [9.17, 15) is 14.7 Å². The Hall–Kier alpha value is -3.55. The summed E-state index contributed by atoms with van der Waals surface area (Å²) in [5.74, 6) is -0.208. The lowest BCUT2D eigenvalue weighted by atomic mass is 9.99. The van der Waals surface area contributed by atoms with Crippen LogP contribution in [0.15, 0.2) is 30.3 Å². The van der Waals surface area contributed by atoms with Gasteiger partial charge in [0.2, 0.25) is 17.8 Å². The number of hydrogen-bond acceptors (Lipinski definition) is 11. The van der Waals surface area contributed by atoms with Crippen LogP contribution in [0.3, 0.4) is 0 Å². The van der Waals surface area contributed by atoms with Crippen molar-refractivity contribution in [1.82, 2.24) is 20.3 Å². The van der Waals surface area contributed by atoms with Crippen molar-refractivity contribution in [2.24, 2.45) is 5.92 Å². The van der Waals surface area contributed by atoms with Crippen molar-refractivity contribution in [2.75, 3.05) is 81.4 Å². The summed E-state index contributed by atoms with van der Waals surface area (Å²) in [5.41, 5.74) is 0.615. The Kier molecular flexibility index (Phi) is 12.6. The summed E-state index contributed by atoms with van der Waals surface area (Å²) < 4.78 is 16.5. The minimum atomic E-state index is -0.957. The number of nitrogens with zero attached hydrogens (tertiary/aromatic N) is 4. The van der Waals surface area contributed by atoms with Crippen molar-refractivity contribution in [2.45, 2.75) is 26.3 Å².